The summed E-state index contributed by atoms with van der Waals surface area (Å²) in [6.07, 6.45) is 2.65. The SMILES string of the molecule is CCCCOC(=O)c1ccc(NC(=O)COC(=O)[C@@H]2CCCO2)cc1. The summed E-state index contributed by atoms with van der Waals surface area (Å²) in [7, 11) is 0. The summed E-state index contributed by atoms with van der Waals surface area (Å²) < 4.78 is 15.2. The van der Waals surface area contributed by atoms with Crippen LogP contribution in [0.5, 0.6) is 0 Å². The molecule has 25 heavy (non-hydrogen) atoms. The van der Waals surface area contributed by atoms with Crippen LogP contribution in [0.1, 0.15) is 43.0 Å². The molecule has 1 aromatic carbocycles. The average molecular weight is 349 g/mol. The summed E-state index contributed by atoms with van der Waals surface area (Å²) >= 11 is 0. The highest BCUT2D eigenvalue weighted by Crippen LogP contribution is 2.14. The Kier molecular flexibility index (Phi) is 7.40. The monoisotopic (exact) mass is 349 g/mol. The molecule has 1 atom stereocenters. The van der Waals surface area contributed by atoms with E-state index >= 15 is 0 Å². The zero-order valence-corrected chi connectivity index (χ0v) is 14.3. The lowest BCUT2D eigenvalue weighted by molar-refractivity contribution is -0.156. The van der Waals surface area contributed by atoms with Gasteiger partial charge >= 0.3 is 11.9 Å². The molecule has 1 aromatic rings. The van der Waals surface area contributed by atoms with Gasteiger partial charge in [-0.1, -0.05) is 13.3 Å². The van der Waals surface area contributed by atoms with Crippen LogP contribution in [0.4, 0.5) is 5.69 Å². The summed E-state index contributed by atoms with van der Waals surface area (Å²) in [5.41, 5.74) is 0.919. The molecule has 1 amide bonds. The molecule has 0 bridgehead atoms. The number of carbonyl (C=O) groups is 3. The summed E-state index contributed by atoms with van der Waals surface area (Å²) in [5, 5.41) is 2.60. The highest BCUT2D eigenvalue weighted by Gasteiger charge is 2.25. The van der Waals surface area contributed by atoms with Gasteiger partial charge in [0.15, 0.2) is 12.7 Å². The van der Waals surface area contributed by atoms with Crippen LogP contribution in [0, 0.1) is 0 Å². The van der Waals surface area contributed by atoms with Crippen molar-refractivity contribution in [3.05, 3.63) is 29.8 Å². The second-order valence-electron chi connectivity index (χ2n) is 5.72. The molecule has 136 valence electrons. The second kappa shape index (κ2) is 9.78. The van der Waals surface area contributed by atoms with Crippen molar-refractivity contribution in [2.45, 2.75) is 38.7 Å². The van der Waals surface area contributed by atoms with Gasteiger partial charge in [0.05, 0.1) is 12.2 Å². The maximum Gasteiger partial charge on any atom is 0.338 e. The molecular formula is C18H23NO6. The number of esters is 2. The molecule has 1 aliphatic heterocycles. The normalized spacial score (nSPS) is 16.3. The largest absolute Gasteiger partial charge is 0.462 e. The zero-order valence-electron chi connectivity index (χ0n) is 14.3. The van der Waals surface area contributed by atoms with Gasteiger partial charge in [-0.25, -0.2) is 9.59 Å². The zero-order chi connectivity index (χ0) is 18.1. The molecule has 1 saturated heterocycles. The van der Waals surface area contributed by atoms with Gasteiger partial charge in [0.1, 0.15) is 0 Å². The van der Waals surface area contributed by atoms with Crippen molar-refractivity contribution in [3.63, 3.8) is 0 Å². The third-order valence-electron chi connectivity index (χ3n) is 3.67. The standard InChI is InChI=1S/C18H23NO6/c1-2-3-10-24-17(21)13-6-8-14(9-7-13)19-16(20)12-25-18(22)15-5-4-11-23-15/h6-9,15H,2-5,10-12H2,1H3,(H,19,20)/t15-/m0/s1. The van der Waals surface area contributed by atoms with E-state index in [1.807, 2.05) is 6.92 Å². The quantitative estimate of drug-likeness (QED) is 0.572. The van der Waals surface area contributed by atoms with E-state index in [4.69, 9.17) is 14.2 Å². The summed E-state index contributed by atoms with van der Waals surface area (Å²) in [6.45, 7) is 2.58. The van der Waals surface area contributed by atoms with Crippen LogP contribution in [-0.2, 0) is 23.8 Å². The van der Waals surface area contributed by atoms with E-state index in [9.17, 15) is 14.4 Å². The van der Waals surface area contributed by atoms with Crippen LogP contribution in [0.3, 0.4) is 0 Å². The lowest BCUT2D eigenvalue weighted by Crippen LogP contribution is -2.27. The maximum atomic E-state index is 11.8. The van der Waals surface area contributed by atoms with Gasteiger partial charge in [0, 0.05) is 12.3 Å². The molecule has 0 saturated carbocycles. The second-order valence-corrected chi connectivity index (χ2v) is 5.72. The molecule has 0 aromatic heterocycles. The fourth-order valence-corrected chi connectivity index (χ4v) is 2.27. The molecule has 1 aliphatic rings. The number of hydrogen-bond acceptors (Lipinski definition) is 6. The Morgan fingerprint density at radius 1 is 1.20 bits per heavy atom. The Bertz CT molecular complexity index is 592. The van der Waals surface area contributed by atoms with Crippen LogP contribution in [0.15, 0.2) is 24.3 Å². The van der Waals surface area contributed by atoms with Crippen LogP contribution < -0.4 is 5.32 Å². The fraction of sp³-hybridized carbons (Fsp3) is 0.500. The Morgan fingerprint density at radius 3 is 2.60 bits per heavy atom. The summed E-state index contributed by atoms with van der Waals surface area (Å²) in [5.74, 6) is -1.36. The topological polar surface area (TPSA) is 90.9 Å². The first-order valence-electron chi connectivity index (χ1n) is 8.45. The first-order valence-corrected chi connectivity index (χ1v) is 8.45. The van der Waals surface area contributed by atoms with Crippen molar-refractivity contribution in [1.29, 1.82) is 0 Å². The highest BCUT2D eigenvalue weighted by molar-refractivity contribution is 5.94. The number of rotatable bonds is 8. The van der Waals surface area contributed by atoms with Crippen LogP contribution in [-0.4, -0.2) is 43.8 Å². The number of benzene rings is 1. The van der Waals surface area contributed by atoms with Crippen molar-refractivity contribution in [2.24, 2.45) is 0 Å². The average Bonchev–Trinajstić information content (AvgIpc) is 3.15. The van der Waals surface area contributed by atoms with Gasteiger partial charge in [-0.2, -0.15) is 0 Å². The van der Waals surface area contributed by atoms with E-state index in [-0.39, 0.29) is 6.61 Å². The van der Waals surface area contributed by atoms with Crippen molar-refractivity contribution in [2.75, 3.05) is 25.1 Å². The van der Waals surface area contributed by atoms with Crippen LogP contribution in [0.2, 0.25) is 0 Å². The van der Waals surface area contributed by atoms with Gasteiger partial charge in [0.25, 0.3) is 5.91 Å². The third-order valence-corrected chi connectivity index (χ3v) is 3.67. The first kappa shape index (κ1) is 18.9. The minimum atomic E-state index is -0.564. The minimum absolute atomic E-state index is 0.375. The molecule has 0 aliphatic carbocycles. The lowest BCUT2D eigenvalue weighted by Gasteiger charge is -2.10. The summed E-state index contributed by atoms with van der Waals surface area (Å²) in [6, 6.07) is 6.33. The lowest BCUT2D eigenvalue weighted by atomic mass is 10.2. The molecule has 0 unspecified atom stereocenters. The number of carbonyl (C=O) groups excluding carboxylic acids is 3. The first-order chi connectivity index (χ1) is 12.1. The molecule has 0 spiro atoms. The van der Waals surface area contributed by atoms with E-state index < -0.39 is 23.9 Å². The molecular weight excluding hydrogens is 326 g/mol. The molecule has 7 heteroatoms. The maximum absolute atomic E-state index is 11.8. The van der Waals surface area contributed by atoms with Gasteiger partial charge in [-0.15, -0.1) is 0 Å². The summed E-state index contributed by atoms with van der Waals surface area (Å²) in [4.78, 5) is 35.2. The predicted molar refractivity (Wildman–Crippen MR) is 90.2 cm³/mol. The van der Waals surface area contributed by atoms with Crippen LogP contribution >= 0.6 is 0 Å². The third kappa shape index (κ3) is 6.19. The van der Waals surface area contributed by atoms with Gasteiger partial charge in [0.2, 0.25) is 0 Å². The van der Waals surface area contributed by atoms with E-state index in [2.05, 4.69) is 5.32 Å². The number of hydrogen-bond donors (Lipinski definition) is 1. The van der Waals surface area contributed by atoms with Crippen LogP contribution in [0.25, 0.3) is 0 Å². The predicted octanol–water partition coefficient (Wildman–Crippen LogP) is 2.30. The smallest absolute Gasteiger partial charge is 0.338 e. The Hall–Kier alpha value is -2.41. The highest BCUT2D eigenvalue weighted by atomic mass is 16.6. The molecule has 1 fully saturated rings. The van der Waals surface area contributed by atoms with E-state index in [1.165, 1.54) is 0 Å². The van der Waals surface area contributed by atoms with Gasteiger partial charge in [-0.3, -0.25) is 4.79 Å². The van der Waals surface area contributed by atoms with Gasteiger partial charge < -0.3 is 19.5 Å². The number of ether oxygens (including phenoxy) is 3. The number of nitrogens with one attached hydrogen (secondary N) is 1. The van der Waals surface area contributed by atoms with E-state index in [0.29, 0.717) is 30.9 Å². The Morgan fingerprint density at radius 2 is 1.96 bits per heavy atom. The van der Waals surface area contributed by atoms with E-state index in [1.54, 1.807) is 24.3 Å². The number of amides is 1. The fourth-order valence-electron chi connectivity index (χ4n) is 2.27. The van der Waals surface area contributed by atoms with Crippen molar-refractivity contribution in [3.8, 4) is 0 Å². The van der Waals surface area contributed by atoms with Crippen molar-refractivity contribution < 1.29 is 28.6 Å². The van der Waals surface area contributed by atoms with Gasteiger partial charge in [-0.05, 0) is 43.5 Å². The molecule has 2 rings (SSSR count). The molecule has 1 heterocycles. The van der Waals surface area contributed by atoms with E-state index in [0.717, 1.165) is 19.3 Å². The van der Waals surface area contributed by atoms with Crippen molar-refractivity contribution >= 4 is 23.5 Å². The number of unbranched alkanes of at least 4 members (excludes halogenated alkanes) is 1. The molecule has 0 radical (unpaired) electrons. The minimum Gasteiger partial charge on any atom is -0.462 e. The number of anilines is 1. The Balaban J connectivity index is 1.75. The molecule has 1 N–H and O–H groups in total. The Labute approximate surface area is 146 Å². The van der Waals surface area contributed by atoms with Crippen molar-refractivity contribution in [1.82, 2.24) is 0 Å². The molecule has 7 nitrogen and oxygen atoms in total.